The maximum absolute atomic E-state index is 14.0. The molecule has 1 aromatic rings. The minimum atomic E-state index is -2.06. The van der Waals surface area contributed by atoms with Crippen LogP contribution >= 0.6 is 0 Å². The van der Waals surface area contributed by atoms with Crippen LogP contribution in [0.3, 0.4) is 0 Å². The Morgan fingerprint density at radius 3 is 2.63 bits per heavy atom. The van der Waals surface area contributed by atoms with E-state index >= 15 is 0 Å². The third-order valence-corrected chi connectivity index (χ3v) is 10.1. The van der Waals surface area contributed by atoms with Gasteiger partial charge in [-0.1, -0.05) is 26.8 Å². The Balaban J connectivity index is 2.01. The summed E-state index contributed by atoms with van der Waals surface area (Å²) in [6, 6.07) is 2.94. The second-order valence-electron chi connectivity index (χ2n) is 8.77. The molecule has 1 saturated heterocycles. The number of nitro groups is 1. The molecule has 2 atom stereocenters. The maximum atomic E-state index is 14.0. The minimum Gasteiger partial charge on any atom is -0.482 e. The highest BCUT2D eigenvalue weighted by atomic mass is 28.4. The molecule has 1 aliphatic rings. The van der Waals surface area contributed by atoms with Crippen LogP contribution in [0.25, 0.3) is 0 Å². The van der Waals surface area contributed by atoms with Crippen LogP contribution in [0.15, 0.2) is 18.2 Å². The second kappa shape index (κ2) is 9.27. The highest BCUT2D eigenvalue weighted by Gasteiger charge is 2.40. The van der Waals surface area contributed by atoms with Crippen molar-refractivity contribution in [1.29, 1.82) is 0 Å². The third-order valence-electron chi connectivity index (χ3n) is 5.61. The molecule has 1 heterocycles. The Kier molecular flexibility index (Phi) is 7.43. The zero-order chi connectivity index (χ0) is 22.7. The van der Waals surface area contributed by atoms with Crippen LogP contribution in [0, 0.1) is 15.9 Å². The highest BCUT2D eigenvalue weighted by Crippen LogP contribution is 2.37. The number of ether oxygens (including phenoxy) is 2. The molecule has 1 aromatic carbocycles. The summed E-state index contributed by atoms with van der Waals surface area (Å²) < 4.78 is 31.1. The topological polar surface area (TPSA) is 111 Å². The summed E-state index contributed by atoms with van der Waals surface area (Å²) in [6.45, 7) is 10.5. The second-order valence-corrected chi connectivity index (χ2v) is 13.6. The maximum Gasteiger partial charge on any atom is 0.407 e. The molecule has 0 aliphatic carbocycles. The first-order chi connectivity index (χ1) is 13.8. The number of halogens is 1. The third kappa shape index (κ3) is 5.67. The number of carbonyl (C=O) groups is 1. The monoisotopic (exact) mass is 444 g/mol. The fraction of sp³-hybridized carbons (Fsp3) is 0.632. The number of nitro benzene ring substituents is 1. The molecule has 0 bridgehead atoms. The van der Waals surface area contributed by atoms with Gasteiger partial charge in [-0.25, -0.2) is 9.18 Å². The molecule has 2 rings (SSSR count). The Morgan fingerprint density at radius 2 is 2.07 bits per heavy atom. The van der Waals surface area contributed by atoms with Crippen molar-refractivity contribution in [2.75, 3.05) is 26.4 Å². The number of rotatable bonds is 7. The van der Waals surface area contributed by atoms with Gasteiger partial charge in [-0.15, -0.1) is 0 Å². The lowest BCUT2D eigenvalue weighted by molar-refractivity contribution is -0.386. The number of para-hydroxylation sites is 1. The fourth-order valence-electron chi connectivity index (χ4n) is 2.71. The number of carboxylic acid groups (broad SMARTS) is 1. The molecular weight excluding hydrogens is 415 g/mol. The van der Waals surface area contributed by atoms with Crippen LogP contribution in [-0.4, -0.2) is 67.9 Å². The van der Waals surface area contributed by atoms with Gasteiger partial charge in [0.1, 0.15) is 12.7 Å². The number of hydrogen-bond acceptors (Lipinski definition) is 6. The Bertz CT molecular complexity index is 785. The number of morpholine rings is 1. The zero-order valence-electron chi connectivity index (χ0n) is 17.9. The van der Waals surface area contributed by atoms with Crippen LogP contribution in [0.2, 0.25) is 18.1 Å². The summed E-state index contributed by atoms with van der Waals surface area (Å²) in [7, 11) is -2.06. The van der Waals surface area contributed by atoms with Gasteiger partial charge in [0.2, 0.25) is 5.75 Å². The predicted octanol–water partition coefficient (Wildman–Crippen LogP) is 3.88. The summed E-state index contributed by atoms with van der Waals surface area (Å²) in [4.78, 5) is 23.3. The molecule has 0 spiro atoms. The lowest BCUT2D eigenvalue weighted by Crippen LogP contribution is -2.56. The van der Waals surface area contributed by atoms with Gasteiger partial charge in [-0.2, -0.15) is 0 Å². The molecular formula is C19H29FN2O7Si. The van der Waals surface area contributed by atoms with Gasteiger partial charge in [0, 0.05) is 6.07 Å². The summed E-state index contributed by atoms with van der Waals surface area (Å²) in [6.07, 6.45) is -1.81. The lowest BCUT2D eigenvalue weighted by atomic mass is 10.2. The molecule has 168 valence electrons. The highest BCUT2D eigenvalue weighted by molar-refractivity contribution is 6.74. The average molecular weight is 445 g/mol. The van der Waals surface area contributed by atoms with Gasteiger partial charge in [0.05, 0.1) is 30.7 Å². The first kappa shape index (κ1) is 24.0. The van der Waals surface area contributed by atoms with Crippen LogP contribution in [0.5, 0.6) is 5.75 Å². The summed E-state index contributed by atoms with van der Waals surface area (Å²) in [5.41, 5.74) is -0.499. The van der Waals surface area contributed by atoms with E-state index < -0.39 is 48.7 Å². The van der Waals surface area contributed by atoms with Gasteiger partial charge >= 0.3 is 11.8 Å². The molecule has 1 fully saturated rings. The SMILES string of the molecule is CC(C)(C)[Si](C)(C)OC[C@@H]1CO[C@H](COc2c(F)cccc2[N+](=O)[O-])CN1C(=O)O. The molecule has 0 radical (unpaired) electrons. The van der Waals surface area contributed by atoms with E-state index in [1.54, 1.807) is 0 Å². The van der Waals surface area contributed by atoms with E-state index in [0.29, 0.717) is 0 Å². The Morgan fingerprint density at radius 1 is 1.40 bits per heavy atom. The van der Waals surface area contributed by atoms with Gasteiger partial charge in [0.15, 0.2) is 14.1 Å². The predicted molar refractivity (Wildman–Crippen MR) is 110 cm³/mol. The molecule has 30 heavy (non-hydrogen) atoms. The minimum absolute atomic E-state index is 0.0108. The van der Waals surface area contributed by atoms with Gasteiger partial charge in [-0.05, 0) is 24.2 Å². The standard InChI is InChI=1S/C19H29FN2O7Si/c1-19(2,3)30(4,5)29-11-13-10-27-14(9-21(13)18(23)24)12-28-17-15(20)7-6-8-16(17)22(25)26/h6-8,13-14H,9-12H2,1-5H3,(H,23,24)/t13-,14-/m0/s1. The van der Waals surface area contributed by atoms with Crippen LogP contribution in [0.1, 0.15) is 20.8 Å². The molecule has 0 unspecified atom stereocenters. The quantitative estimate of drug-likeness (QED) is 0.386. The zero-order valence-corrected chi connectivity index (χ0v) is 18.9. The van der Waals surface area contributed by atoms with E-state index in [2.05, 4.69) is 33.9 Å². The van der Waals surface area contributed by atoms with E-state index in [0.717, 1.165) is 12.1 Å². The van der Waals surface area contributed by atoms with Crippen molar-refractivity contribution >= 4 is 20.1 Å². The van der Waals surface area contributed by atoms with Gasteiger partial charge in [-0.3, -0.25) is 15.0 Å². The molecule has 11 heteroatoms. The van der Waals surface area contributed by atoms with Crippen molar-refractivity contribution < 1.29 is 33.1 Å². The summed E-state index contributed by atoms with van der Waals surface area (Å²) >= 11 is 0. The van der Waals surface area contributed by atoms with Crippen molar-refractivity contribution in [3.05, 3.63) is 34.1 Å². The van der Waals surface area contributed by atoms with Crippen LogP contribution in [0.4, 0.5) is 14.9 Å². The van der Waals surface area contributed by atoms with Crippen LogP contribution < -0.4 is 4.74 Å². The van der Waals surface area contributed by atoms with E-state index in [1.807, 2.05) is 0 Å². The van der Waals surface area contributed by atoms with Crippen molar-refractivity contribution in [1.82, 2.24) is 4.90 Å². The van der Waals surface area contributed by atoms with Crippen LogP contribution in [-0.2, 0) is 9.16 Å². The van der Waals surface area contributed by atoms with Crippen molar-refractivity contribution in [2.24, 2.45) is 0 Å². The summed E-state index contributed by atoms with van der Waals surface area (Å²) in [5.74, 6) is -1.35. The Labute approximate surface area is 176 Å². The summed E-state index contributed by atoms with van der Waals surface area (Å²) in [5, 5.41) is 20.6. The number of hydrogen-bond donors (Lipinski definition) is 1. The average Bonchev–Trinajstić information content (AvgIpc) is 2.64. The van der Waals surface area contributed by atoms with Crippen molar-refractivity contribution in [3.63, 3.8) is 0 Å². The number of amides is 1. The van der Waals surface area contributed by atoms with E-state index in [4.69, 9.17) is 13.9 Å². The number of benzene rings is 1. The molecule has 0 saturated carbocycles. The molecule has 1 aliphatic heterocycles. The molecule has 1 amide bonds. The largest absolute Gasteiger partial charge is 0.482 e. The van der Waals surface area contributed by atoms with Gasteiger partial charge in [0.25, 0.3) is 0 Å². The number of nitrogens with zero attached hydrogens (tertiary/aromatic N) is 2. The molecule has 1 N–H and O–H groups in total. The van der Waals surface area contributed by atoms with E-state index in [-0.39, 0.29) is 31.4 Å². The normalized spacial score (nSPS) is 20.1. The smallest absolute Gasteiger partial charge is 0.407 e. The first-order valence-electron chi connectivity index (χ1n) is 9.64. The molecule has 0 aromatic heterocycles. The van der Waals surface area contributed by atoms with Gasteiger partial charge < -0.3 is 19.0 Å². The molecule has 9 nitrogen and oxygen atoms in total. The Hall–Kier alpha value is -2.24. The van der Waals surface area contributed by atoms with E-state index in [9.17, 15) is 24.4 Å². The lowest BCUT2D eigenvalue weighted by Gasteiger charge is -2.41. The fourth-order valence-corrected chi connectivity index (χ4v) is 3.75. The van der Waals surface area contributed by atoms with Crippen molar-refractivity contribution in [3.8, 4) is 5.75 Å². The van der Waals surface area contributed by atoms with Crippen molar-refractivity contribution in [2.45, 2.75) is 51.0 Å². The first-order valence-corrected chi connectivity index (χ1v) is 12.5. The van der Waals surface area contributed by atoms with E-state index in [1.165, 1.54) is 11.0 Å².